The van der Waals surface area contributed by atoms with Crippen molar-refractivity contribution in [3.05, 3.63) is 54.2 Å². The fourth-order valence-electron chi connectivity index (χ4n) is 2.80. The number of unbranched alkanes of at least 4 members (excludes halogenated alkanes) is 1. The van der Waals surface area contributed by atoms with Crippen molar-refractivity contribution in [2.75, 3.05) is 5.32 Å². The Morgan fingerprint density at radius 2 is 1.96 bits per heavy atom. The monoisotopic (exact) mass is 388 g/mol. The van der Waals surface area contributed by atoms with E-state index in [1.165, 1.54) is 0 Å². The summed E-state index contributed by atoms with van der Waals surface area (Å²) in [7, 11) is 0. The summed E-state index contributed by atoms with van der Waals surface area (Å²) >= 11 is 0. The molecule has 6 nitrogen and oxygen atoms in total. The minimum absolute atomic E-state index is 0.147. The number of aryl methyl sites for hydroxylation is 2. The van der Waals surface area contributed by atoms with Crippen molar-refractivity contribution >= 4 is 11.7 Å². The highest BCUT2D eigenvalue weighted by Crippen LogP contribution is 2.25. The van der Waals surface area contributed by atoms with Crippen molar-refractivity contribution in [1.82, 2.24) is 14.8 Å². The van der Waals surface area contributed by atoms with Crippen molar-refractivity contribution < 1.29 is 18.0 Å². The third-order valence-corrected chi connectivity index (χ3v) is 4.12. The predicted octanol–water partition coefficient (Wildman–Crippen LogP) is 4.92. The number of nitrogens with zero attached hydrogens (tertiary/aromatic N) is 3. The van der Waals surface area contributed by atoms with Crippen molar-refractivity contribution in [2.24, 2.45) is 0 Å². The Labute approximate surface area is 161 Å². The van der Waals surface area contributed by atoms with Gasteiger partial charge in [0.1, 0.15) is 0 Å². The lowest BCUT2D eigenvalue weighted by Crippen LogP contribution is -2.14. The molecule has 0 fully saturated rings. The first-order valence-corrected chi connectivity index (χ1v) is 9.07. The first-order chi connectivity index (χ1) is 13.3. The quantitative estimate of drug-likeness (QED) is 0.556. The number of carbonyl (C=O) groups excluding carboxylic acids is 1. The van der Waals surface area contributed by atoms with Crippen molar-refractivity contribution in [2.45, 2.75) is 45.6 Å². The van der Waals surface area contributed by atoms with Crippen LogP contribution in [0.2, 0.25) is 0 Å². The van der Waals surface area contributed by atoms with Gasteiger partial charge in [-0.05, 0) is 19.8 Å². The second-order valence-corrected chi connectivity index (χ2v) is 6.72. The summed E-state index contributed by atoms with van der Waals surface area (Å²) in [5.74, 6) is -1.91. The van der Waals surface area contributed by atoms with Crippen LogP contribution in [0.15, 0.2) is 47.0 Å². The molecule has 0 unspecified atom stereocenters. The molecule has 1 N–H and O–H groups in total. The SMILES string of the molecule is Cc1nc(C(=O)Nc2ccn(CCCCC(C)(F)F)n2)c(-c2ccccc2)o1. The molecule has 2 aromatic heterocycles. The van der Waals surface area contributed by atoms with Gasteiger partial charge in [-0.1, -0.05) is 30.3 Å². The smallest absolute Gasteiger partial charge is 0.279 e. The highest BCUT2D eigenvalue weighted by molar-refractivity contribution is 6.06. The number of nitrogens with one attached hydrogen (secondary N) is 1. The van der Waals surface area contributed by atoms with Gasteiger partial charge in [0.2, 0.25) is 5.92 Å². The fourth-order valence-corrected chi connectivity index (χ4v) is 2.80. The van der Waals surface area contributed by atoms with Crippen molar-refractivity contribution in [1.29, 1.82) is 0 Å². The van der Waals surface area contributed by atoms with Crippen LogP contribution in [0.4, 0.5) is 14.6 Å². The molecular formula is C20H22F2N4O2. The zero-order chi connectivity index (χ0) is 20.1. The molecule has 3 aromatic rings. The molecule has 148 valence electrons. The molecule has 0 aliphatic heterocycles. The number of aromatic nitrogens is 3. The van der Waals surface area contributed by atoms with Gasteiger partial charge in [0.15, 0.2) is 23.2 Å². The number of anilines is 1. The van der Waals surface area contributed by atoms with Crippen LogP contribution >= 0.6 is 0 Å². The summed E-state index contributed by atoms with van der Waals surface area (Å²) in [4.78, 5) is 16.8. The Morgan fingerprint density at radius 3 is 2.68 bits per heavy atom. The maximum Gasteiger partial charge on any atom is 0.279 e. The van der Waals surface area contributed by atoms with Gasteiger partial charge in [0.05, 0.1) is 0 Å². The van der Waals surface area contributed by atoms with Crippen LogP contribution in [0.3, 0.4) is 0 Å². The number of carbonyl (C=O) groups is 1. The molecule has 3 rings (SSSR count). The van der Waals surface area contributed by atoms with E-state index in [0.717, 1.165) is 12.5 Å². The Balaban J connectivity index is 1.63. The number of amides is 1. The third kappa shape index (κ3) is 5.25. The van der Waals surface area contributed by atoms with Crippen LogP contribution in [0.5, 0.6) is 0 Å². The summed E-state index contributed by atoms with van der Waals surface area (Å²) in [5, 5.41) is 6.96. The van der Waals surface area contributed by atoms with E-state index in [1.807, 2.05) is 30.3 Å². The number of hydrogen-bond donors (Lipinski definition) is 1. The van der Waals surface area contributed by atoms with E-state index in [1.54, 1.807) is 23.9 Å². The van der Waals surface area contributed by atoms with E-state index in [2.05, 4.69) is 15.4 Å². The van der Waals surface area contributed by atoms with Gasteiger partial charge in [-0.15, -0.1) is 0 Å². The van der Waals surface area contributed by atoms with Crippen LogP contribution in [0.1, 0.15) is 42.6 Å². The minimum Gasteiger partial charge on any atom is -0.440 e. The van der Waals surface area contributed by atoms with E-state index in [4.69, 9.17) is 4.42 Å². The predicted molar refractivity (Wildman–Crippen MR) is 101 cm³/mol. The van der Waals surface area contributed by atoms with Gasteiger partial charge in [-0.3, -0.25) is 9.48 Å². The highest BCUT2D eigenvalue weighted by atomic mass is 19.3. The lowest BCUT2D eigenvalue weighted by atomic mass is 10.1. The number of oxazole rings is 1. The topological polar surface area (TPSA) is 73.0 Å². The number of hydrogen-bond acceptors (Lipinski definition) is 4. The molecule has 0 radical (unpaired) electrons. The molecular weight excluding hydrogens is 366 g/mol. The van der Waals surface area contributed by atoms with Crippen molar-refractivity contribution in [3.8, 4) is 11.3 Å². The van der Waals surface area contributed by atoms with Gasteiger partial charge in [-0.25, -0.2) is 13.8 Å². The van der Waals surface area contributed by atoms with Crippen LogP contribution in [-0.2, 0) is 6.54 Å². The maximum absolute atomic E-state index is 12.8. The molecule has 1 aromatic carbocycles. The van der Waals surface area contributed by atoms with Crippen LogP contribution < -0.4 is 5.32 Å². The molecule has 0 spiro atoms. The second kappa shape index (κ2) is 8.33. The molecule has 0 saturated heterocycles. The van der Waals surface area contributed by atoms with Crippen LogP contribution in [-0.4, -0.2) is 26.6 Å². The Kier molecular flexibility index (Phi) is 5.87. The van der Waals surface area contributed by atoms with Crippen LogP contribution in [0.25, 0.3) is 11.3 Å². The van der Waals surface area contributed by atoms with Gasteiger partial charge < -0.3 is 9.73 Å². The third-order valence-electron chi connectivity index (χ3n) is 4.12. The van der Waals surface area contributed by atoms with E-state index in [9.17, 15) is 13.6 Å². The molecule has 0 atom stereocenters. The maximum atomic E-state index is 12.8. The molecule has 0 aliphatic carbocycles. The standard InChI is InChI=1S/C20H22F2N4O2/c1-14-23-17(18(28-14)15-8-4-3-5-9-15)19(27)24-16-10-13-26(25-16)12-7-6-11-20(2,21)22/h3-5,8-10,13H,6-7,11-12H2,1-2H3,(H,24,25,27). The zero-order valence-corrected chi connectivity index (χ0v) is 15.8. The van der Waals surface area contributed by atoms with Gasteiger partial charge >= 0.3 is 0 Å². The molecule has 0 bridgehead atoms. The molecule has 8 heteroatoms. The van der Waals surface area contributed by atoms with E-state index in [-0.39, 0.29) is 12.1 Å². The van der Waals surface area contributed by atoms with Gasteiger partial charge in [0, 0.05) is 37.7 Å². The van der Waals surface area contributed by atoms with E-state index >= 15 is 0 Å². The summed E-state index contributed by atoms with van der Waals surface area (Å²) in [6.07, 6.45) is 2.54. The first-order valence-electron chi connectivity index (χ1n) is 9.07. The first kappa shape index (κ1) is 19.7. The fraction of sp³-hybridized carbons (Fsp3) is 0.350. The molecule has 0 aliphatic rings. The Morgan fingerprint density at radius 1 is 1.21 bits per heavy atom. The Bertz CT molecular complexity index is 929. The lowest BCUT2D eigenvalue weighted by Gasteiger charge is -2.09. The molecule has 1 amide bonds. The van der Waals surface area contributed by atoms with Crippen LogP contribution in [0, 0.1) is 6.92 Å². The number of benzene rings is 1. The molecule has 28 heavy (non-hydrogen) atoms. The van der Waals surface area contributed by atoms with E-state index < -0.39 is 11.8 Å². The van der Waals surface area contributed by atoms with Crippen molar-refractivity contribution in [3.63, 3.8) is 0 Å². The van der Waals surface area contributed by atoms with E-state index in [0.29, 0.717) is 36.9 Å². The summed E-state index contributed by atoms with van der Waals surface area (Å²) in [6.45, 7) is 3.10. The normalized spacial score (nSPS) is 11.6. The molecule has 0 saturated carbocycles. The second-order valence-electron chi connectivity index (χ2n) is 6.72. The summed E-state index contributed by atoms with van der Waals surface area (Å²) < 4.78 is 32.9. The van der Waals surface area contributed by atoms with Gasteiger partial charge in [0.25, 0.3) is 5.91 Å². The largest absolute Gasteiger partial charge is 0.440 e. The average molecular weight is 388 g/mol. The Hall–Kier alpha value is -3.03. The van der Waals surface area contributed by atoms with Gasteiger partial charge in [-0.2, -0.15) is 5.10 Å². The lowest BCUT2D eigenvalue weighted by molar-refractivity contribution is 0.0102. The highest BCUT2D eigenvalue weighted by Gasteiger charge is 2.21. The summed E-state index contributed by atoms with van der Waals surface area (Å²) in [5.41, 5.74) is 0.940. The minimum atomic E-state index is -2.64. The number of halogens is 2. The number of rotatable bonds is 8. The summed E-state index contributed by atoms with van der Waals surface area (Å²) in [6, 6.07) is 10.9. The number of alkyl halides is 2. The average Bonchev–Trinajstić information content (AvgIpc) is 3.25. The molecule has 2 heterocycles. The zero-order valence-electron chi connectivity index (χ0n) is 15.8.